The van der Waals surface area contributed by atoms with Crippen LogP contribution in [0, 0.1) is 11.3 Å². The summed E-state index contributed by atoms with van der Waals surface area (Å²) < 4.78 is 5.55. The lowest BCUT2D eigenvalue weighted by molar-refractivity contribution is 0.139. The zero-order valence-electron chi connectivity index (χ0n) is 13.8. The van der Waals surface area contributed by atoms with E-state index in [4.69, 9.17) is 10.00 Å². The van der Waals surface area contributed by atoms with E-state index in [1.54, 1.807) is 24.3 Å². The van der Waals surface area contributed by atoms with Gasteiger partial charge in [-0.1, -0.05) is 0 Å². The Balaban J connectivity index is 1.69. The first-order valence-corrected chi connectivity index (χ1v) is 7.92. The molecule has 0 radical (unpaired) electrons. The minimum atomic E-state index is -0.0278. The number of nitrogens with zero attached hydrogens (tertiary/aromatic N) is 3. The third-order valence-electron chi connectivity index (χ3n) is 4.04. The van der Waals surface area contributed by atoms with Gasteiger partial charge in [0.05, 0.1) is 18.2 Å². The lowest BCUT2D eigenvalue weighted by Gasteiger charge is -2.36. The molecule has 124 valence electrons. The number of carbonyl (C=O) groups is 1. The number of hydrogen-bond acceptors (Lipinski definition) is 4. The standard InChI is InChI=1S/C17H24N4O2/c1-20(2)15-4-3-10-21(13-15)17(22)19-9-11-23-16-7-5-14(12-18)6-8-16/h5-8,15H,3-4,9-11,13H2,1-2H3,(H,19,22). The summed E-state index contributed by atoms with van der Waals surface area (Å²) in [6.07, 6.45) is 2.18. The number of nitriles is 1. The number of hydrogen-bond donors (Lipinski definition) is 1. The highest BCUT2D eigenvalue weighted by Gasteiger charge is 2.24. The van der Waals surface area contributed by atoms with E-state index in [1.165, 1.54) is 0 Å². The number of nitrogens with one attached hydrogen (secondary N) is 1. The second-order valence-corrected chi connectivity index (χ2v) is 5.92. The molecule has 1 N–H and O–H groups in total. The molecule has 1 heterocycles. The van der Waals surface area contributed by atoms with Crippen LogP contribution in [-0.2, 0) is 0 Å². The third-order valence-corrected chi connectivity index (χ3v) is 4.04. The molecule has 23 heavy (non-hydrogen) atoms. The largest absolute Gasteiger partial charge is 0.492 e. The van der Waals surface area contributed by atoms with Crippen molar-refractivity contribution in [1.29, 1.82) is 5.26 Å². The maximum absolute atomic E-state index is 12.2. The Morgan fingerprint density at radius 2 is 2.17 bits per heavy atom. The molecule has 1 unspecified atom stereocenters. The maximum Gasteiger partial charge on any atom is 0.317 e. The number of likely N-dealkylation sites (N-methyl/N-ethyl adjacent to an activating group) is 1. The average Bonchev–Trinajstić information content (AvgIpc) is 2.59. The summed E-state index contributed by atoms with van der Waals surface area (Å²) >= 11 is 0. The monoisotopic (exact) mass is 316 g/mol. The Labute approximate surface area is 137 Å². The van der Waals surface area contributed by atoms with Gasteiger partial charge in [-0.15, -0.1) is 0 Å². The van der Waals surface area contributed by atoms with Gasteiger partial charge in [0.1, 0.15) is 12.4 Å². The van der Waals surface area contributed by atoms with Crippen LogP contribution in [0.4, 0.5) is 4.79 Å². The van der Waals surface area contributed by atoms with Crippen LogP contribution in [0.2, 0.25) is 0 Å². The van der Waals surface area contributed by atoms with Crippen molar-refractivity contribution in [2.75, 3.05) is 40.3 Å². The fourth-order valence-corrected chi connectivity index (χ4v) is 2.63. The summed E-state index contributed by atoms with van der Waals surface area (Å²) in [5.41, 5.74) is 0.603. The normalized spacial score (nSPS) is 17.7. The molecule has 0 aliphatic carbocycles. The number of urea groups is 1. The average molecular weight is 316 g/mol. The second kappa shape index (κ2) is 8.39. The summed E-state index contributed by atoms with van der Waals surface area (Å²) in [7, 11) is 4.11. The van der Waals surface area contributed by atoms with Gasteiger partial charge in [0, 0.05) is 19.1 Å². The molecule has 1 atom stereocenters. The summed E-state index contributed by atoms with van der Waals surface area (Å²) in [6, 6.07) is 9.41. The highest BCUT2D eigenvalue weighted by atomic mass is 16.5. The van der Waals surface area contributed by atoms with Crippen LogP contribution >= 0.6 is 0 Å². The molecule has 2 amide bonds. The number of carbonyl (C=O) groups excluding carboxylic acids is 1. The van der Waals surface area contributed by atoms with Crippen molar-refractivity contribution in [2.45, 2.75) is 18.9 Å². The summed E-state index contributed by atoms with van der Waals surface area (Å²) in [6.45, 7) is 2.45. The number of piperidine rings is 1. The van der Waals surface area contributed by atoms with Crippen molar-refractivity contribution in [1.82, 2.24) is 15.1 Å². The Morgan fingerprint density at radius 1 is 1.43 bits per heavy atom. The van der Waals surface area contributed by atoms with Gasteiger partial charge in [-0.05, 0) is 51.2 Å². The van der Waals surface area contributed by atoms with Gasteiger partial charge >= 0.3 is 6.03 Å². The minimum absolute atomic E-state index is 0.0278. The van der Waals surface area contributed by atoms with Crippen molar-refractivity contribution in [2.24, 2.45) is 0 Å². The van der Waals surface area contributed by atoms with Crippen molar-refractivity contribution in [3.8, 4) is 11.8 Å². The molecule has 1 saturated heterocycles. The Kier molecular flexibility index (Phi) is 6.24. The summed E-state index contributed by atoms with van der Waals surface area (Å²) in [5.74, 6) is 0.698. The topological polar surface area (TPSA) is 68.6 Å². The third kappa shape index (κ3) is 5.15. The van der Waals surface area contributed by atoms with E-state index in [1.807, 2.05) is 4.90 Å². The van der Waals surface area contributed by atoms with E-state index in [9.17, 15) is 4.79 Å². The fraction of sp³-hybridized carbons (Fsp3) is 0.529. The summed E-state index contributed by atoms with van der Waals surface area (Å²) in [5, 5.41) is 11.6. The quantitative estimate of drug-likeness (QED) is 0.839. The molecular formula is C17H24N4O2. The number of rotatable bonds is 5. The first-order chi connectivity index (χ1) is 11.1. The molecule has 1 aromatic carbocycles. The molecule has 0 saturated carbocycles. The molecule has 6 heteroatoms. The van der Waals surface area contributed by atoms with Gasteiger partial charge in [0.2, 0.25) is 0 Å². The number of likely N-dealkylation sites (tertiary alicyclic amines) is 1. The molecular weight excluding hydrogens is 292 g/mol. The van der Waals surface area contributed by atoms with Crippen molar-refractivity contribution >= 4 is 6.03 Å². The van der Waals surface area contributed by atoms with Crippen molar-refractivity contribution in [3.63, 3.8) is 0 Å². The van der Waals surface area contributed by atoms with Crippen LogP contribution in [0.3, 0.4) is 0 Å². The van der Waals surface area contributed by atoms with E-state index in [-0.39, 0.29) is 6.03 Å². The minimum Gasteiger partial charge on any atom is -0.492 e. The molecule has 1 fully saturated rings. The van der Waals surface area contributed by atoms with Gasteiger partial charge in [-0.2, -0.15) is 5.26 Å². The van der Waals surface area contributed by atoms with Gasteiger partial charge < -0.3 is 19.9 Å². The molecule has 6 nitrogen and oxygen atoms in total. The lowest BCUT2D eigenvalue weighted by atomic mass is 10.1. The number of ether oxygens (including phenoxy) is 1. The first kappa shape index (κ1) is 17.1. The molecule has 0 spiro atoms. The van der Waals surface area contributed by atoms with E-state index < -0.39 is 0 Å². The zero-order valence-corrected chi connectivity index (χ0v) is 13.8. The van der Waals surface area contributed by atoms with Crippen molar-refractivity contribution in [3.05, 3.63) is 29.8 Å². The number of benzene rings is 1. The predicted molar refractivity (Wildman–Crippen MR) is 88.3 cm³/mol. The zero-order chi connectivity index (χ0) is 16.7. The van der Waals surface area contributed by atoms with Crippen LogP contribution in [-0.4, -0.2) is 62.2 Å². The van der Waals surface area contributed by atoms with Crippen LogP contribution in [0.25, 0.3) is 0 Å². The first-order valence-electron chi connectivity index (χ1n) is 7.92. The van der Waals surface area contributed by atoms with Crippen molar-refractivity contribution < 1.29 is 9.53 Å². The van der Waals surface area contributed by atoms with E-state index in [0.717, 1.165) is 25.9 Å². The van der Waals surface area contributed by atoms with Crippen LogP contribution in [0.15, 0.2) is 24.3 Å². The number of amides is 2. The molecule has 1 aromatic rings. The second-order valence-electron chi connectivity index (χ2n) is 5.92. The molecule has 2 rings (SSSR count). The molecule has 1 aliphatic rings. The molecule has 0 aromatic heterocycles. The van der Waals surface area contributed by atoms with Gasteiger partial charge in [0.25, 0.3) is 0 Å². The maximum atomic E-state index is 12.2. The Bertz CT molecular complexity index is 551. The SMILES string of the molecule is CN(C)C1CCCN(C(=O)NCCOc2ccc(C#N)cc2)C1. The Morgan fingerprint density at radius 3 is 2.83 bits per heavy atom. The predicted octanol–water partition coefficient (Wildman–Crippen LogP) is 1.67. The van der Waals surface area contributed by atoms with Crippen LogP contribution in [0.5, 0.6) is 5.75 Å². The molecule has 1 aliphatic heterocycles. The van der Waals surface area contributed by atoms with Gasteiger partial charge in [0.15, 0.2) is 0 Å². The van der Waals surface area contributed by atoms with E-state index >= 15 is 0 Å². The van der Waals surface area contributed by atoms with E-state index in [0.29, 0.717) is 30.5 Å². The van der Waals surface area contributed by atoms with Crippen LogP contribution < -0.4 is 10.1 Å². The van der Waals surface area contributed by atoms with Crippen LogP contribution in [0.1, 0.15) is 18.4 Å². The highest BCUT2D eigenvalue weighted by Crippen LogP contribution is 2.14. The molecule has 0 bridgehead atoms. The van der Waals surface area contributed by atoms with Gasteiger partial charge in [-0.3, -0.25) is 0 Å². The van der Waals surface area contributed by atoms with Gasteiger partial charge in [-0.25, -0.2) is 4.79 Å². The highest BCUT2D eigenvalue weighted by molar-refractivity contribution is 5.74. The Hall–Kier alpha value is -2.26. The lowest BCUT2D eigenvalue weighted by Crippen LogP contribution is -2.51. The summed E-state index contributed by atoms with van der Waals surface area (Å²) in [4.78, 5) is 16.2. The smallest absolute Gasteiger partial charge is 0.317 e. The fourth-order valence-electron chi connectivity index (χ4n) is 2.63. The van der Waals surface area contributed by atoms with E-state index in [2.05, 4.69) is 30.4 Å².